The Labute approximate surface area is 105 Å². The molecule has 88 valence electrons. The van der Waals surface area contributed by atoms with Gasteiger partial charge in [0, 0.05) is 4.90 Å². The molecule has 3 nitrogen and oxygen atoms in total. The zero-order chi connectivity index (χ0) is 12.1. The first-order chi connectivity index (χ1) is 7.56. The maximum Gasteiger partial charge on any atom is 0.247 e. The molecule has 1 rings (SSSR count). The van der Waals surface area contributed by atoms with Crippen LogP contribution in [-0.2, 0) is 4.79 Å². The van der Waals surface area contributed by atoms with Gasteiger partial charge in [0.15, 0.2) is 0 Å². The van der Waals surface area contributed by atoms with E-state index in [2.05, 4.69) is 5.43 Å². The molecule has 1 aromatic carbocycles. The third-order valence-electron chi connectivity index (χ3n) is 2.10. The Morgan fingerprint density at radius 2 is 2.06 bits per heavy atom. The van der Waals surface area contributed by atoms with Crippen molar-refractivity contribution in [3.8, 4) is 0 Å². The smallest absolute Gasteiger partial charge is 0.247 e. The number of benzene rings is 1. The topological polar surface area (TPSA) is 55.1 Å². The highest BCUT2D eigenvalue weighted by atomic mass is 35.5. The molecular weight excluding hydrogens is 244 g/mol. The lowest BCUT2D eigenvalue weighted by Gasteiger charge is -2.18. The highest BCUT2D eigenvalue weighted by Crippen LogP contribution is 2.33. The van der Waals surface area contributed by atoms with Crippen LogP contribution < -0.4 is 11.3 Å². The number of amides is 1. The molecule has 0 aliphatic heterocycles. The average Bonchev–Trinajstić information content (AvgIpc) is 2.26. The third-order valence-corrected chi connectivity index (χ3v) is 4.16. The van der Waals surface area contributed by atoms with Crippen LogP contribution in [0, 0.1) is 5.92 Å². The largest absolute Gasteiger partial charge is 0.293 e. The van der Waals surface area contributed by atoms with Crippen molar-refractivity contribution in [2.24, 2.45) is 11.8 Å². The average molecular weight is 259 g/mol. The van der Waals surface area contributed by atoms with E-state index in [1.807, 2.05) is 38.1 Å². The summed E-state index contributed by atoms with van der Waals surface area (Å²) in [6, 6.07) is 7.46. The number of thioether (sulfide) groups is 1. The molecule has 1 amide bonds. The van der Waals surface area contributed by atoms with Crippen LogP contribution in [0.15, 0.2) is 29.2 Å². The summed E-state index contributed by atoms with van der Waals surface area (Å²) in [6.07, 6.45) is 0. The number of hydrogen-bond acceptors (Lipinski definition) is 3. The SMILES string of the molecule is CC(C)C(Sc1ccccc1Cl)C(=O)NN. The van der Waals surface area contributed by atoms with Crippen LogP contribution in [0.2, 0.25) is 5.02 Å². The number of carbonyl (C=O) groups is 1. The molecule has 3 N–H and O–H groups in total. The van der Waals surface area contributed by atoms with Crippen LogP contribution in [0.25, 0.3) is 0 Å². The van der Waals surface area contributed by atoms with E-state index in [-0.39, 0.29) is 17.1 Å². The van der Waals surface area contributed by atoms with Crippen molar-refractivity contribution in [2.45, 2.75) is 24.0 Å². The lowest BCUT2D eigenvalue weighted by atomic mass is 10.1. The van der Waals surface area contributed by atoms with Gasteiger partial charge in [-0.05, 0) is 18.1 Å². The van der Waals surface area contributed by atoms with Crippen LogP contribution >= 0.6 is 23.4 Å². The normalized spacial score (nSPS) is 12.6. The fourth-order valence-electron chi connectivity index (χ4n) is 1.25. The monoisotopic (exact) mass is 258 g/mol. The summed E-state index contributed by atoms with van der Waals surface area (Å²) in [4.78, 5) is 12.5. The zero-order valence-corrected chi connectivity index (χ0v) is 10.8. The van der Waals surface area contributed by atoms with Gasteiger partial charge in [-0.2, -0.15) is 0 Å². The molecule has 0 saturated carbocycles. The van der Waals surface area contributed by atoms with Gasteiger partial charge in [0.2, 0.25) is 5.91 Å². The molecule has 0 aliphatic rings. The minimum absolute atomic E-state index is 0.181. The van der Waals surface area contributed by atoms with Gasteiger partial charge < -0.3 is 0 Å². The zero-order valence-electron chi connectivity index (χ0n) is 9.24. The van der Waals surface area contributed by atoms with Crippen molar-refractivity contribution in [3.05, 3.63) is 29.3 Å². The fraction of sp³-hybridized carbons (Fsp3) is 0.364. The highest BCUT2D eigenvalue weighted by molar-refractivity contribution is 8.00. The summed E-state index contributed by atoms with van der Waals surface area (Å²) in [5.41, 5.74) is 2.18. The van der Waals surface area contributed by atoms with Gasteiger partial charge in [0.1, 0.15) is 0 Å². The van der Waals surface area contributed by atoms with Crippen molar-refractivity contribution in [1.29, 1.82) is 0 Å². The van der Waals surface area contributed by atoms with Crippen molar-refractivity contribution >= 4 is 29.3 Å². The second-order valence-corrected chi connectivity index (χ2v) is 5.31. The van der Waals surface area contributed by atoms with E-state index in [1.54, 1.807) is 0 Å². The molecule has 0 radical (unpaired) electrons. The predicted octanol–water partition coefficient (Wildman–Crippen LogP) is 2.45. The summed E-state index contributed by atoms with van der Waals surface area (Å²) < 4.78 is 0. The van der Waals surface area contributed by atoms with Crippen molar-refractivity contribution < 1.29 is 4.79 Å². The van der Waals surface area contributed by atoms with Gasteiger partial charge in [-0.1, -0.05) is 37.6 Å². The minimum Gasteiger partial charge on any atom is -0.293 e. The summed E-state index contributed by atoms with van der Waals surface area (Å²) in [6.45, 7) is 3.95. The lowest BCUT2D eigenvalue weighted by molar-refractivity contribution is -0.121. The maximum atomic E-state index is 11.6. The van der Waals surface area contributed by atoms with E-state index in [0.717, 1.165) is 4.90 Å². The maximum absolute atomic E-state index is 11.6. The van der Waals surface area contributed by atoms with E-state index in [0.29, 0.717) is 5.02 Å². The van der Waals surface area contributed by atoms with Crippen LogP contribution in [0.4, 0.5) is 0 Å². The number of nitrogens with one attached hydrogen (secondary N) is 1. The first-order valence-corrected chi connectivity index (χ1v) is 6.23. The highest BCUT2D eigenvalue weighted by Gasteiger charge is 2.23. The Balaban J connectivity index is 2.84. The molecule has 1 unspecified atom stereocenters. The Hall–Kier alpha value is -0.710. The Bertz CT molecular complexity index is 371. The quantitative estimate of drug-likeness (QED) is 0.378. The van der Waals surface area contributed by atoms with Crippen LogP contribution in [0.1, 0.15) is 13.8 Å². The first-order valence-electron chi connectivity index (χ1n) is 4.98. The number of halogens is 1. The third kappa shape index (κ3) is 3.40. The number of carbonyl (C=O) groups excluding carboxylic acids is 1. The number of hydrazine groups is 1. The summed E-state index contributed by atoms with van der Waals surface area (Å²) in [5, 5.41) is 0.424. The van der Waals surface area contributed by atoms with Crippen LogP contribution in [0.3, 0.4) is 0 Å². The number of nitrogens with two attached hydrogens (primary N) is 1. The van der Waals surface area contributed by atoms with Crippen LogP contribution in [-0.4, -0.2) is 11.2 Å². The summed E-state index contributed by atoms with van der Waals surface area (Å²) in [7, 11) is 0. The number of hydrogen-bond donors (Lipinski definition) is 2. The van der Waals surface area contributed by atoms with Crippen molar-refractivity contribution in [1.82, 2.24) is 5.43 Å². The second-order valence-electron chi connectivity index (χ2n) is 3.72. The number of rotatable bonds is 4. The second kappa shape index (κ2) is 6.13. The molecule has 5 heteroatoms. The first kappa shape index (κ1) is 13.4. The molecular formula is C11H15ClN2OS. The standard InChI is InChI=1S/C11H15ClN2OS/c1-7(2)10(11(15)14-13)16-9-6-4-3-5-8(9)12/h3-7,10H,13H2,1-2H3,(H,14,15). The molecule has 0 heterocycles. The van der Waals surface area contributed by atoms with E-state index < -0.39 is 0 Å². The Kier molecular flexibility index (Phi) is 5.12. The fourth-order valence-corrected chi connectivity index (χ4v) is 2.58. The van der Waals surface area contributed by atoms with E-state index >= 15 is 0 Å². The predicted molar refractivity (Wildman–Crippen MR) is 68.3 cm³/mol. The Morgan fingerprint density at radius 3 is 2.56 bits per heavy atom. The van der Waals surface area contributed by atoms with Crippen LogP contribution in [0.5, 0.6) is 0 Å². The van der Waals surface area contributed by atoms with E-state index in [4.69, 9.17) is 17.4 Å². The van der Waals surface area contributed by atoms with Gasteiger partial charge in [0.25, 0.3) is 0 Å². The van der Waals surface area contributed by atoms with E-state index in [9.17, 15) is 4.79 Å². The van der Waals surface area contributed by atoms with Gasteiger partial charge in [-0.3, -0.25) is 10.2 Å². The minimum atomic E-state index is -0.232. The molecule has 0 bridgehead atoms. The molecule has 0 aromatic heterocycles. The molecule has 0 spiro atoms. The van der Waals surface area contributed by atoms with Gasteiger partial charge in [-0.15, -0.1) is 11.8 Å². The molecule has 0 fully saturated rings. The molecule has 0 aliphatic carbocycles. The Morgan fingerprint density at radius 1 is 1.44 bits per heavy atom. The molecule has 1 atom stereocenters. The van der Waals surface area contributed by atoms with Gasteiger partial charge >= 0.3 is 0 Å². The van der Waals surface area contributed by atoms with Gasteiger partial charge in [-0.25, -0.2) is 5.84 Å². The molecule has 0 saturated heterocycles. The molecule has 1 aromatic rings. The van der Waals surface area contributed by atoms with Gasteiger partial charge in [0.05, 0.1) is 10.3 Å². The van der Waals surface area contributed by atoms with Crippen molar-refractivity contribution in [2.75, 3.05) is 0 Å². The lowest BCUT2D eigenvalue weighted by Crippen LogP contribution is -2.39. The van der Waals surface area contributed by atoms with E-state index in [1.165, 1.54) is 11.8 Å². The summed E-state index contributed by atoms with van der Waals surface area (Å²) >= 11 is 7.47. The summed E-state index contributed by atoms with van der Waals surface area (Å²) in [5.74, 6) is 5.16. The van der Waals surface area contributed by atoms with Crippen molar-refractivity contribution in [3.63, 3.8) is 0 Å². The molecule has 16 heavy (non-hydrogen) atoms.